The number of ether oxygens (including phenoxy) is 1. The van der Waals surface area contributed by atoms with E-state index in [-0.39, 0.29) is 5.82 Å². The molecule has 0 saturated heterocycles. The summed E-state index contributed by atoms with van der Waals surface area (Å²) in [4.78, 5) is 0. The molecule has 2 rings (SSSR count). The molecule has 1 aromatic carbocycles. The van der Waals surface area contributed by atoms with Gasteiger partial charge < -0.3 is 10.5 Å². The number of hydrogen-bond acceptors (Lipinski definition) is 2. The molecule has 2 nitrogen and oxygen atoms in total. The maximum Gasteiger partial charge on any atom is 0.165 e. The van der Waals surface area contributed by atoms with E-state index in [2.05, 4.69) is 0 Å². The van der Waals surface area contributed by atoms with E-state index in [1.54, 1.807) is 18.2 Å². The Labute approximate surface area is 94.9 Å². The SMILES string of the molecule is NC/C=C/c1ccc(OCC2CC2)c(F)c1. The average molecular weight is 221 g/mol. The summed E-state index contributed by atoms with van der Waals surface area (Å²) in [5.41, 5.74) is 6.13. The summed E-state index contributed by atoms with van der Waals surface area (Å²) in [5.74, 6) is 0.674. The Hall–Kier alpha value is -1.35. The zero-order chi connectivity index (χ0) is 11.4. The Bertz CT molecular complexity index is 386. The number of hydrogen-bond donors (Lipinski definition) is 1. The third-order valence-corrected chi connectivity index (χ3v) is 2.57. The Balaban J connectivity index is 2.00. The van der Waals surface area contributed by atoms with E-state index in [9.17, 15) is 4.39 Å². The first kappa shape index (κ1) is 11.1. The summed E-state index contributed by atoms with van der Waals surface area (Å²) in [7, 11) is 0. The molecule has 0 heterocycles. The molecule has 0 spiro atoms. The lowest BCUT2D eigenvalue weighted by molar-refractivity contribution is 0.285. The monoisotopic (exact) mass is 221 g/mol. The average Bonchev–Trinajstić information content (AvgIpc) is 3.09. The van der Waals surface area contributed by atoms with Crippen molar-refractivity contribution in [3.8, 4) is 5.75 Å². The van der Waals surface area contributed by atoms with Crippen LogP contribution in [0, 0.1) is 11.7 Å². The highest BCUT2D eigenvalue weighted by Gasteiger charge is 2.22. The molecular formula is C13H16FNO. The molecule has 0 amide bonds. The van der Waals surface area contributed by atoms with Crippen molar-refractivity contribution in [1.29, 1.82) is 0 Å². The van der Waals surface area contributed by atoms with Crippen LogP contribution < -0.4 is 10.5 Å². The molecule has 1 fully saturated rings. The molecule has 1 aliphatic rings. The van der Waals surface area contributed by atoms with Crippen molar-refractivity contribution in [2.75, 3.05) is 13.2 Å². The molecule has 16 heavy (non-hydrogen) atoms. The number of nitrogens with two attached hydrogens (primary N) is 1. The normalized spacial score (nSPS) is 15.6. The molecule has 0 unspecified atom stereocenters. The molecule has 0 atom stereocenters. The smallest absolute Gasteiger partial charge is 0.165 e. The molecule has 0 aromatic heterocycles. The van der Waals surface area contributed by atoms with E-state index in [1.807, 2.05) is 6.07 Å². The van der Waals surface area contributed by atoms with Gasteiger partial charge in [0.25, 0.3) is 0 Å². The van der Waals surface area contributed by atoms with Gasteiger partial charge in [-0.2, -0.15) is 0 Å². The van der Waals surface area contributed by atoms with Gasteiger partial charge in [0.2, 0.25) is 0 Å². The van der Waals surface area contributed by atoms with Gasteiger partial charge in [0.1, 0.15) is 0 Å². The number of halogens is 1. The second kappa shape index (κ2) is 5.12. The topological polar surface area (TPSA) is 35.2 Å². The van der Waals surface area contributed by atoms with Crippen molar-refractivity contribution in [1.82, 2.24) is 0 Å². The summed E-state index contributed by atoms with van der Waals surface area (Å²) in [6, 6.07) is 4.97. The molecule has 0 aliphatic heterocycles. The van der Waals surface area contributed by atoms with Crippen LogP contribution in [0.4, 0.5) is 4.39 Å². The minimum absolute atomic E-state index is 0.306. The van der Waals surface area contributed by atoms with Crippen LogP contribution in [0.1, 0.15) is 18.4 Å². The Morgan fingerprint density at radius 2 is 2.25 bits per heavy atom. The highest BCUT2D eigenvalue weighted by Crippen LogP contribution is 2.30. The molecule has 1 saturated carbocycles. The second-order valence-electron chi connectivity index (χ2n) is 4.08. The molecule has 2 N–H and O–H groups in total. The Kier molecular flexibility index (Phi) is 3.57. The van der Waals surface area contributed by atoms with Gasteiger partial charge in [0, 0.05) is 6.54 Å². The van der Waals surface area contributed by atoms with Crippen LogP contribution >= 0.6 is 0 Å². The van der Waals surface area contributed by atoms with Crippen molar-refractivity contribution >= 4 is 6.08 Å². The standard InChI is InChI=1S/C13H16FNO/c14-12-8-10(2-1-7-15)5-6-13(12)16-9-11-3-4-11/h1-2,5-6,8,11H,3-4,7,9,15H2/b2-1+. The maximum absolute atomic E-state index is 13.6. The van der Waals surface area contributed by atoms with E-state index in [4.69, 9.17) is 10.5 Å². The van der Waals surface area contributed by atoms with Gasteiger partial charge >= 0.3 is 0 Å². The summed E-state index contributed by atoms with van der Waals surface area (Å²) in [6.07, 6.45) is 6.01. The van der Waals surface area contributed by atoms with Gasteiger partial charge in [-0.15, -0.1) is 0 Å². The third kappa shape index (κ3) is 3.07. The van der Waals surface area contributed by atoms with Crippen LogP contribution in [0.5, 0.6) is 5.75 Å². The lowest BCUT2D eigenvalue weighted by Gasteiger charge is -2.06. The van der Waals surface area contributed by atoms with Crippen molar-refractivity contribution in [3.63, 3.8) is 0 Å². The van der Waals surface area contributed by atoms with Crippen LogP contribution in [0.15, 0.2) is 24.3 Å². The van der Waals surface area contributed by atoms with E-state index >= 15 is 0 Å². The maximum atomic E-state index is 13.6. The Morgan fingerprint density at radius 1 is 1.44 bits per heavy atom. The van der Waals surface area contributed by atoms with Gasteiger partial charge in [0.05, 0.1) is 6.61 Å². The van der Waals surface area contributed by atoms with Crippen molar-refractivity contribution < 1.29 is 9.13 Å². The third-order valence-electron chi connectivity index (χ3n) is 2.57. The molecule has 1 aromatic rings. The van der Waals surface area contributed by atoms with Crippen molar-refractivity contribution in [2.45, 2.75) is 12.8 Å². The molecule has 0 bridgehead atoms. The van der Waals surface area contributed by atoms with Crippen LogP contribution in [-0.2, 0) is 0 Å². The van der Waals surface area contributed by atoms with E-state index in [1.165, 1.54) is 18.9 Å². The quantitative estimate of drug-likeness (QED) is 0.829. The summed E-state index contributed by atoms with van der Waals surface area (Å²) < 4.78 is 19.0. The first-order valence-corrected chi connectivity index (χ1v) is 5.58. The van der Waals surface area contributed by atoms with Crippen molar-refractivity contribution in [2.24, 2.45) is 11.7 Å². The fourth-order valence-electron chi connectivity index (χ4n) is 1.43. The number of benzene rings is 1. The van der Waals surface area contributed by atoms with Gasteiger partial charge in [-0.1, -0.05) is 18.2 Å². The van der Waals surface area contributed by atoms with Gasteiger partial charge in [-0.3, -0.25) is 0 Å². The fourth-order valence-corrected chi connectivity index (χ4v) is 1.43. The summed E-state index contributed by atoms with van der Waals surface area (Å²) >= 11 is 0. The molecule has 3 heteroatoms. The van der Waals surface area contributed by atoms with Crippen LogP contribution in [-0.4, -0.2) is 13.2 Å². The van der Waals surface area contributed by atoms with Gasteiger partial charge in [-0.05, 0) is 36.5 Å². The second-order valence-corrected chi connectivity index (χ2v) is 4.08. The minimum atomic E-state index is -0.306. The van der Waals surface area contributed by atoms with E-state index < -0.39 is 0 Å². The van der Waals surface area contributed by atoms with Gasteiger partial charge in [-0.25, -0.2) is 4.39 Å². The van der Waals surface area contributed by atoms with Crippen LogP contribution in [0.3, 0.4) is 0 Å². The molecule has 1 aliphatic carbocycles. The summed E-state index contributed by atoms with van der Waals surface area (Å²) in [5, 5.41) is 0. The Morgan fingerprint density at radius 3 is 2.88 bits per heavy atom. The fraction of sp³-hybridized carbons (Fsp3) is 0.385. The zero-order valence-electron chi connectivity index (χ0n) is 9.16. The molecule has 86 valence electrons. The zero-order valence-corrected chi connectivity index (χ0v) is 9.16. The predicted molar refractivity (Wildman–Crippen MR) is 62.7 cm³/mol. The molecular weight excluding hydrogens is 205 g/mol. The van der Waals surface area contributed by atoms with E-state index in [0.717, 1.165) is 5.56 Å². The minimum Gasteiger partial charge on any atom is -0.490 e. The van der Waals surface area contributed by atoms with Crippen LogP contribution in [0.2, 0.25) is 0 Å². The lowest BCUT2D eigenvalue weighted by Crippen LogP contribution is -2.00. The number of rotatable bonds is 5. The highest BCUT2D eigenvalue weighted by molar-refractivity contribution is 5.51. The first-order valence-electron chi connectivity index (χ1n) is 5.58. The largest absolute Gasteiger partial charge is 0.490 e. The first-order chi connectivity index (χ1) is 7.79. The van der Waals surface area contributed by atoms with E-state index in [0.29, 0.717) is 24.8 Å². The molecule has 0 radical (unpaired) electrons. The van der Waals surface area contributed by atoms with Crippen LogP contribution in [0.25, 0.3) is 6.08 Å². The summed E-state index contributed by atoms with van der Waals surface area (Å²) in [6.45, 7) is 1.09. The van der Waals surface area contributed by atoms with Crippen molar-refractivity contribution in [3.05, 3.63) is 35.7 Å². The highest BCUT2D eigenvalue weighted by atomic mass is 19.1. The predicted octanol–water partition coefficient (Wildman–Crippen LogP) is 2.59. The van der Waals surface area contributed by atoms with Gasteiger partial charge in [0.15, 0.2) is 11.6 Å². The lowest BCUT2D eigenvalue weighted by atomic mass is 10.2.